The van der Waals surface area contributed by atoms with Crippen molar-refractivity contribution in [1.82, 2.24) is 15.2 Å². The van der Waals surface area contributed by atoms with Crippen LogP contribution >= 0.6 is 22.9 Å². The first-order valence-corrected chi connectivity index (χ1v) is 11.3. The van der Waals surface area contributed by atoms with Gasteiger partial charge in [0.1, 0.15) is 17.1 Å². The molecule has 0 atom stereocenters. The molecule has 0 saturated carbocycles. The molecule has 1 aliphatic heterocycles. The van der Waals surface area contributed by atoms with Gasteiger partial charge in [-0.2, -0.15) is 0 Å². The minimum absolute atomic E-state index is 0.0951. The summed E-state index contributed by atoms with van der Waals surface area (Å²) in [5.74, 6) is -1.49. The van der Waals surface area contributed by atoms with Gasteiger partial charge >= 0.3 is 6.09 Å². The van der Waals surface area contributed by atoms with Crippen molar-refractivity contribution in [1.29, 1.82) is 0 Å². The van der Waals surface area contributed by atoms with Crippen LogP contribution in [0.2, 0.25) is 5.02 Å². The van der Waals surface area contributed by atoms with E-state index in [0.29, 0.717) is 25.9 Å². The Morgan fingerprint density at radius 1 is 1.22 bits per heavy atom. The smallest absolute Gasteiger partial charge is 0.410 e. The Morgan fingerprint density at radius 3 is 2.53 bits per heavy atom. The van der Waals surface area contributed by atoms with Crippen LogP contribution in [-0.4, -0.2) is 52.5 Å². The van der Waals surface area contributed by atoms with Crippen molar-refractivity contribution in [3.05, 3.63) is 45.7 Å². The predicted molar refractivity (Wildman–Crippen MR) is 120 cm³/mol. The van der Waals surface area contributed by atoms with Crippen molar-refractivity contribution in [2.75, 3.05) is 18.4 Å². The zero-order valence-corrected chi connectivity index (χ0v) is 19.5. The number of piperidine rings is 1. The summed E-state index contributed by atoms with van der Waals surface area (Å²) in [6.45, 7) is 6.42. The zero-order chi connectivity index (χ0) is 23.5. The number of rotatable bonds is 4. The van der Waals surface area contributed by atoms with E-state index in [4.69, 9.17) is 16.3 Å². The van der Waals surface area contributed by atoms with E-state index in [-0.39, 0.29) is 39.5 Å². The molecular weight excluding hydrogens is 459 g/mol. The van der Waals surface area contributed by atoms with E-state index in [9.17, 15) is 18.8 Å². The maximum atomic E-state index is 13.3. The van der Waals surface area contributed by atoms with Crippen LogP contribution in [0.3, 0.4) is 0 Å². The van der Waals surface area contributed by atoms with E-state index in [1.807, 2.05) is 20.8 Å². The molecule has 2 heterocycles. The minimum atomic E-state index is -0.617. The average molecular weight is 483 g/mol. The molecule has 2 aromatic rings. The molecule has 1 aromatic carbocycles. The molecule has 3 amide bonds. The first kappa shape index (κ1) is 23.9. The number of nitrogens with one attached hydrogen (secondary N) is 2. The largest absolute Gasteiger partial charge is 0.444 e. The van der Waals surface area contributed by atoms with E-state index in [2.05, 4.69) is 15.6 Å². The number of anilines is 1. The number of carbonyl (C=O) groups excluding carboxylic acids is 3. The lowest BCUT2D eigenvalue weighted by Crippen LogP contribution is -2.47. The summed E-state index contributed by atoms with van der Waals surface area (Å²) in [5.41, 5.74) is -0.200. The van der Waals surface area contributed by atoms with E-state index < -0.39 is 17.3 Å². The molecule has 1 saturated heterocycles. The number of ether oxygens (including phenoxy) is 1. The number of benzene rings is 1. The first-order chi connectivity index (χ1) is 15.0. The van der Waals surface area contributed by atoms with Crippen molar-refractivity contribution in [2.45, 2.75) is 45.3 Å². The third-order valence-corrected chi connectivity index (χ3v) is 5.67. The summed E-state index contributed by atoms with van der Waals surface area (Å²) in [6.07, 6.45) is 0.846. The fourth-order valence-electron chi connectivity index (χ4n) is 3.03. The van der Waals surface area contributed by atoms with Crippen molar-refractivity contribution >= 4 is 46.0 Å². The van der Waals surface area contributed by atoms with Crippen molar-refractivity contribution in [3.63, 3.8) is 0 Å². The third kappa shape index (κ3) is 6.39. The van der Waals surface area contributed by atoms with Crippen LogP contribution in [0.1, 0.15) is 54.5 Å². The SMILES string of the molecule is CC(C)(C)OC(=O)N1CCC(NC(=O)c2csc(NC(=O)c3ccc(F)c(Cl)c3)n2)CC1. The number of hydrogen-bond donors (Lipinski definition) is 2. The molecule has 1 fully saturated rings. The fraction of sp³-hybridized carbons (Fsp3) is 0.429. The van der Waals surface area contributed by atoms with Gasteiger partial charge in [0.05, 0.1) is 5.02 Å². The Balaban J connectivity index is 1.50. The molecular formula is C21H24ClFN4O4S. The Bertz CT molecular complexity index is 1020. The van der Waals surface area contributed by atoms with Gasteiger partial charge < -0.3 is 15.0 Å². The third-order valence-electron chi connectivity index (χ3n) is 4.62. The Kier molecular flexibility index (Phi) is 7.35. The lowest BCUT2D eigenvalue weighted by Gasteiger charge is -2.33. The molecule has 1 aliphatic rings. The van der Waals surface area contributed by atoms with Crippen LogP contribution in [0.25, 0.3) is 0 Å². The molecule has 0 aliphatic carbocycles. The van der Waals surface area contributed by atoms with Crippen LogP contribution in [0.15, 0.2) is 23.6 Å². The molecule has 0 unspecified atom stereocenters. The molecule has 0 radical (unpaired) electrons. The Hall–Kier alpha value is -2.72. The van der Waals surface area contributed by atoms with E-state index in [0.717, 1.165) is 17.4 Å². The fourth-order valence-corrected chi connectivity index (χ4v) is 3.90. The van der Waals surface area contributed by atoms with E-state index in [1.54, 1.807) is 10.3 Å². The van der Waals surface area contributed by atoms with Crippen LogP contribution < -0.4 is 10.6 Å². The minimum Gasteiger partial charge on any atom is -0.444 e. The quantitative estimate of drug-likeness (QED) is 0.676. The molecule has 11 heteroatoms. The lowest BCUT2D eigenvalue weighted by molar-refractivity contribution is 0.0199. The van der Waals surface area contributed by atoms with E-state index >= 15 is 0 Å². The number of nitrogens with zero attached hydrogens (tertiary/aromatic N) is 2. The van der Waals surface area contributed by atoms with Gasteiger partial charge in [-0.3, -0.25) is 14.9 Å². The highest BCUT2D eigenvalue weighted by molar-refractivity contribution is 7.14. The summed E-state index contributed by atoms with van der Waals surface area (Å²) in [5, 5.41) is 7.10. The molecule has 0 bridgehead atoms. The first-order valence-electron chi connectivity index (χ1n) is 10.0. The topological polar surface area (TPSA) is 101 Å². The highest BCUT2D eigenvalue weighted by Gasteiger charge is 2.28. The van der Waals surface area contributed by atoms with Gasteiger partial charge in [-0.15, -0.1) is 11.3 Å². The van der Waals surface area contributed by atoms with Crippen LogP contribution in [0, 0.1) is 5.82 Å². The van der Waals surface area contributed by atoms with Crippen molar-refractivity contribution < 1.29 is 23.5 Å². The van der Waals surface area contributed by atoms with Gasteiger partial charge in [-0.05, 0) is 51.8 Å². The zero-order valence-electron chi connectivity index (χ0n) is 17.9. The highest BCUT2D eigenvalue weighted by atomic mass is 35.5. The molecule has 0 spiro atoms. The molecule has 32 heavy (non-hydrogen) atoms. The normalized spacial score (nSPS) is 14.7. The molecule has 172 valence electrons. The standard InChI is InChI=1S/C21H24ClFN4O4S/c1-21(2,3)31-20(30)27-8-6-13(7-9-27)24-18(29)16-11-32-19(25-16)26-17(28)12-4-5-15(23)14(22)10-12/h4-5,10-11,13H,6-9H2,1-3H3,(H,24,29)(H,25,26,28). The summed E-state index contributed by atoms with van der Waals surface area (Å²) in [4.78, 5) is 42.7. The number of hydrogen-bond acceptors (Lipinski definition) is 6. The molecule has 2 N–H and O–H groups in total. The average Bonchev–Trinajstić information content (AvgIpc) is 3.18. The van der Waals surface area contributed by atoms with Crippen LogP contribution in [-0.2, 0) is 4.74 Å². The predicted octanol–water partition coefficient (Wildman–Crippen LogP) is 4.32. The Morgan fingerprint density at radius 2 is 1.91 bits per heavy atom. The van der Waals surface area contributed by atoms with Gasteiger partial charge in [-0.1, -0.05) is 11.6 Å². The number of halogens is 2. The van der Waals surface area contributed by atoms with Crippen LogP contribution in [0.5, 0.6) is 0 Å². The summed E-state index contributed by atoms with van der Waals surface area (Å²) < 4.78 is 18.6. The van der Waals surface area contributed by atoms with Gasteiger partial charge in [0.25, 0.3) is 11.8 Å². The number of thiazole rings is 1. The molecule has 8 nitrogen and oxygen atoms in total. The van der Waals surface area contributed by atoms with Crippen molar-refractivity contribution in [2.24, 2.45) is 0 Å². The lowest BCUT2D eigenvalue weighted by atomic mass is 10.1. The second kappa shape index (κ2) is 9.83. The molecule has 3 rings (SSSR count). The summed E-state index contributed by atoms with van der Waals surface area (Å²) >= 11 is 6.80. The van der Waals surface area contributed by atoms with Crippen molar-refractivity contribution in [3.8, 4) is 0 Å². The summed E-state index contributed by atoms with van der Waals surface area (Å²) in [7, 11) is 0. The second-order valence-corrected chi connectivity index (χ2v) is 9.60. The number of amides is 3. The van der Waals surface area contributed by atoms with Crippen LogP contribution in [0.4, 0.5) is 14.3 Å². The number of likely N-dealkylation sites (tertiary alicyclic amines) is 1. The summed E-state index contributed by atoms with van der Waals surface area (Å²) in [6, 6.07) is 3.53. The van der Waals surface area contributed by atoms with E-state index in [1.165, 1.54) is 12.1 Å². The Labute approximate surface area is 194 Å². The van der Waals surface area contributed by atoms with Gasteiger partial charge in [0.2, 0.25) is 0 Å². The van der Waals surface area contributed by atoms with Gasteiger partial charge in [0.15, 0.2) is 5.13 Å². The monoisotopic (exact) mass is 482 g/mol. The number of carbonyl (C=O) groups is 3. The molecule has 1 aromatic heterocycles. The van der Waals surface area contributed by atoms with Gasteiger partial charge in [-0.25, -0.2) is 14.2 Å². The maximum Gasteiger partial charge on any atom is 0.410 e. The number of aromatic nitrogens is 1. The second-order valence-electron chi connectivity index (χ2n) is 8.34. The highest BCUT2D eigenvalue weighted by Crippen LogP contribution is 2.20. The van der Waals surface area contributed by atoms with Gasteiger partial charge in [0, 0.05) is 30.1 Å². The maximum absolute atomic E-state index is 13.3.